The molecule has 12 heteroatoms. The van der Waals surface area contributed by atoms with E-state index in [1.165, 1.54) is 4.90 Å². The second-order valence-electron chi connectivity index (χ2n) is 8.46. The molecule has 0 N–H and O–H groups in total. The highest BCUT2D eigenvalue weighted by atomic mass is 79.9. The van der Waals surface area contributed by atoms with Gasteiger partial charge in [-0.3, -0.25) is 0 Å². The van der Waals surface area contributed by atoms with Crippen LogP contribution >= 0.6 is 39.3 Å². The van der Waals surface area contributed by atoms with E-state index >= 15 is 4.39 Å². The molecule has 0 saturated carbocycles. The molecule has 0 saturated heterocycles. The number of anilines is 1. The van der Waals surface area contributed by atoms with Crippen molar-refractivity contribution in [2.45, 2.75) is 50.5 Å². The summed E-state index contributed by atoms with van der Waals surface area (Å²) in [4.78, 5) is 9.47. The zero-order valence-electron chi connectivity index (χ0n) is 18.1. The number of fused-ring (bicyclic) bond motifs is 1. The number of hydrogen-bond acceptors (Lipinski definition) is 5. The first-order chi connectivity index (χ1) is 14.2. The minimum Gasteiger partial charge on any atom is -0.415 e. The smallest absolute Gasteiger partial charge is 0.255 e. The Balaban J connectivity index is 2.57. The minimum absolute atomic E-state index is 0.0194. The summed E-state index contributed by atoms with van der Waals surface area (Å²) in [5, 5.41) is -0.777. The molecule has 2 aromatic rings. The van der Waals surface area contributed by atoms with Crippen LogP contribution in [0.1, 0.15) is 20.8 Å². The van der Waals surface area contributed by atoms with Gasteiger partial charge in [-0.1, -0.05) is 44.1 Å². The van der Waals surface area contributed by atoms with Crippen molar-refractivity contribution in [3.8, 4) is 0 Å². The van der Waals surface area contributed by atoms with Gasteiger partial charge in [-0.05, 0) is 40.3 Å². The molecule has 0 amide bonds. The first-order valence-corrected chi connectivity index (χ1v) is 14.8. The number of hydrogen-bond donors (Lipinski definition) is 0. The van der Waals surface area contributed by atoms with Gasteiger partial charge in [0.05, 0.1) is 28.0 Å². The molecule has 31 heavy (non-hydrogen) atoms. The second kappa shape index (κ2) is 10.1. The number of halogens is 6. The fourth-order valence-electron chi connectivity index (χ4n) is 2.59. The van der Waals surface area contributed by atoms with E-state index in [1.807, 2.05) is 13.1 Å². The highest BCUT2D eigenvalue weighted by Gasteiger charge is 2.37. The largest absolute Gasteiger partial charge is 0.415 e. The molecular weight excluding hydrogens is 538 g/mol. The number of benzene rings is 1. The number of thioether (sulfide) groups is 1. The predicted octanol–water partition coefficient (Wildman–Crippen LogP) is 7.14. The van der Waals surface area contributed by atoms with E-state index in [9.17, 15) is 13.2 Å². The van der Waals surface area contributed by atoms with Crippen LogP contribution in [0.4, 0.5) is 23.4 Å². The third-order valence-electron chi connectivity index (χ3n) is 5.35. The molecule has 174 valence electrons. The van der Waals surface area contributed by atoms with Crippen LogP contribution in [0.25, 0.3) is 10.9 Å². The molecule has 1 aromatic carbocycles. The molecule has 0 spiro atoms. The van der Waals surface area contributed by atoms with Gasteiger partial charge in [-0.2, -0.15) is 0 Å². The van der Waals surface area contributed by atoms with E-state index in [-0.39, 0.29) is 44.5 Å². The van der Waals surface area contributed by atoms with E-state index in [1.54, 1.807) is 6.26 Å². The van der Waals surface area contributed by atoms with Crippen LogP contribution in [-0.4, -0.2) is 50.7 Å². The molecule has 0 radical (unpaired) electrons. The Morgan fingerprint density at radius 2 is 1.81 bits per heavy atom. The molecular formula is C19H25BrClF4N3OSSi. The van der Waals surface area contributed by atoms with Crippen LogP contribution in [0.3, 0.4) is 0 Å². The molecule has 2 rings (SSSR count). The molecule has 0 aliphatic carbocycles. The van der Waals surface area contributed by atoms with Gasteiger partial charge in [0.1, 0.15) is 11.3 Å². The van der Waals surface area contributed by atoms with Crippen molar-refractivity contribution in [3.63, 3.8) is 0 Å². The molecule has 0 aliphatic heterocycles. The summed E-state index contributed by atoms with van der Waals surface area (Å²) in [6, 6.07) is 0. The molecule has 0 atom stereocenters. The van der Waals surface area contributed by atoms with E-state index in [0.29, 0.717) is 0 Å². The lowest BCUT2D eigenvalue weighted by Gasteiger charge is -2.37. The zero-order chi connectivity index (χ0) is 23.7. The molecule has 1 heterocycles. The van der Waals surface area contributed by atoms with Crippen LogP contribution in [0.15, 0.2) is 9.63 Å². The Hall–Kier alpha value is -0.623. The third-order valence-corrected chi connectivity index (χ3v) is 11.8. The van der Waals surface area contributed by atoms with E-state index in [4.69, 9.17) is 16.0 Å². The monoisotopic (exact) mass is 561 g/mol. The van der Waals surface area contributed by atoms with Crippen molar-refractivity contribution in [3.05, 3.63) is 21.1 Å². The van der Waals surface area contributed by atoms with Crippen molar-refractivity contribution in [2.24, 2.45) is 0 Å². The Kier molecular flexibility index (Phi) is 8.68. The number of aromatic nitrogens is 2. The van der Waals surface area contributed by atoms with Crippen molar-refractivity contribution >= 4 is 64.3 Å². The summed E-state index contributed by atoms with van der Waals surface area (Å²) in [6.07, 6.45) is -1.07. The third kappa shape index (κ3) is 5.84. The summed E-state index contributed by atoms with van der Waals surface area (Å²) >= 11 is 9.93. The first kappa shape index (κ1) is 26.6. The van der Waals surface area contributed by atoms with Crippen LogP contribution in [0.5, 0.6) is 0 Å². The van der Waals surface area contributed by atoms with Crippen LogP contribution in [0, 0.1) is 11.6 Å². The Morgan fingerprint density at radius 1 is 1.19 bits per heavy atom. The van der Waals surface area contributed by atoms with Gasteiger partial charge in [0.2, 0.25) is 0 Å². The number of rotatable bonds is 8. The van der Waals surface area contributed by atoms with Gasteiger partial charge in [-0.15, -0.1) is 0 Å². The van der Waals surface area contributed by atoms with E-state index in [0.717, 1.165) is 11.8 Å². The zero-order valence-corrected chi connectivity index (χ0v) is 22.3. The molecule has 0 unspecified atom stereocenters. The van der Waals surface area contributed by atoms with Gasteiger partial charge in [0.15, 0.2) is 25.1 Å². The van der Waals surface area contributed by atoms with Crippen LogP contribution in [-0.2, 0) is 4.43 Å². The van der Waals surface area contributed by atoms with Gasteiger partial charge in [0.25, 0.3) is 6.43 Å². The summed E-state index contributed by atoms with van der Waals surface area (Å²) in [5.41, 5.74) is -0.326. The molecule has 4 nitrogen and oxygen atoms in total. The highest BCUT2D eigenvalue weighted by Crippen LogP contribution is 2.40. The van der Waals surface area contributed by atoms with Crippen molar-refractivity contribution in [1.82, 2.24) is 9.97 Å². The van der Waals surface area contributed by atoms with Gasteiger partial charge in [0, 0.05) is 6.54 Å². The molecule has 0 bridgehead atoms. The normalized spacial score (nSPS) is 12.8. The molecule has 0 fully saturated rings. The summed E-state index contributed by atoms with van der Waals surface area (Å²) in [7, 11) is -2.13. The van der Waals surface area contributed by atoms with Gasteiger partial charge < -0.3 is 9.33 Å². The first-order valence-electron chi connectivity index (χ1n) is 9.46. The summed E-state index contributed by atoms with van der Waals surface area (Å²) in [5.74, 6) is -1.99. The average Bonchev–Trinajstić information content (AvgIpc) is 2.67. The maximum Gasteiger partial charge on any atom is 0.255 e. The summed E-state index contributed by atoms with van der Waals surface area (Å²) in [6.45, 7) is 9.72. The molecule has 0 aliphatic rings. The van der Waals surface area contributed by atoms with Crippen molar-refractivity contribution in [1.29, 1.82) is 0 Å². The van der Waals surface area contributed by atoms with E-state index in [2.05, 4.69) is 46.7 Å². The highest BCUT2D eigenvalue weighted by molar-refractivity contribution is 9.10. The second-order valence-corrected chi connectivity index (χ2v) is 15.2. The van der Waals surface area contributed by atoms with Crippen LogP contribution in [0.2, 0.25) is 23.2 Å². The number of alkyl halides is 2. The number of nitrogens with zero attached hydrogens (tertiary/aromatic N) is 3. The Bertz CT molecular complexity index is 962. The fourth-order valence-corrected chi connectivity index (χ4v) is 4.53. The van der Waals surface area contributed by atoms with Crippen LogP contribution < -0.4 is 4.90 Å². The van der Waals surface area contributed by atoms with Crippen molar-refractivity contribution in [2.75, 3.05) is 30.9 Å². The van der Waals surface area contributed by atoms with Crippen molar-refractivity contribution < 1.29 is 22.0 Å². The maximum atomic E-state index is 15.0. The lowest BCUT2D eigenvalue weighted by molar-refractivity contribution is 0.152. The fraction of sp³-hybridized carbons (Fsp3) is 0.579. The minimum atomic E-state index is -2.73. The van der Waals surface area contributed by atoms with Gasteiger partial charge in [-0.25, -0.2) is 27.5 Å². The Labute approximate surface area is 198 Å². The quantitative estimate of drug-likeness (QED) is 0.0854. The predicted molar refractivity (Wildman–Crippen MR) is 125 cm³/mol. The lowest BCUT2D eigenvalue weighted by Crippen LogP contribution is -2.43. The average molecular weight is 563 g/mol. The summed E-state index contributed by atoms with van der Waals surface area (Å²) < 4.78 is 62.5. The Morgan fingerprint density at radius 3 is 2.32 bits per heavy atom. The standard InChI is InChI=1S/C19H25BrClF4N3OSSi/c1-19(2,3)31(5,6)29-8-7-28(9-10(22)23)17-11-14(24)13(21)12(20)15(25)16(11)26-18(27-17)30-4/h10H,7-9H2,1-6H3. The maximum absolute atomic E-state index is 15.0. The lowest BCUT2D eigenvalue weighted by atomic mass is 10.2. The topological polar surface area (TPSA) is 38.2 Å². The van der Waals surface area contributed by atoms with E-state index < -0.39 is 37.9 Å². The van der Waals surface area contributed by atoms with Gasteiger partial charge >= 0.3 is 0 Å². The SMILES string of the molecule is CSc1nc(N(CCO[Si](C)(C)C(C)(C)C)CC(F)F)c2c(F)c(Cl)c(Br)c(F)c2n1. The molecule has 1 aromatic heterocycles.